The highest BCUT2D eigenvalue weighted by Crippen LogP contribution is 2.35. The minimum absolute atomic E-state index is 0.295. The van der Waals surface area contributed by atoms with Crippen molar-refractivity contribution in [3.63, 3.8) is 0 Å². The molecular weight excluding hydrogens is 200 g/mol. The van der Waals surface area contributed by atoms with Gasteiger partial charge in [-0.2, -0.15) is 0 Å². The Morgan fingerprint density at radius 2 is 2.06 bits per heavy atom. The lowest BCUT2D eigenvalue weighted by Crippen LogP contribution is -2.46. The normalized spacial score (nSPS) is 24.6. The van der Waals surface area contributed by atoms with Crippen LogP contribution in [0.5, 0.6) is 0 Å². The van der Waals surface area contributed by atoms with Crippen LogP contribution in [-0.2, 0) is 4.74 Å². The second-order valence-electron chi connectivity index (χ2n) is 5.27. The van der Waals surface area contributed by atoms with E-state index in [1.807, 2.05) is 6.08 Å². The van der Waals surface area contributed by atoms with E-state index in [1.165, 1.54) is 12.8 Å². The van der Waals surface area contributed by atoms with Crippen LogP contribution in [0.15, 0.2) is 12.7 Å². The standard InChI is InChI=1S/C13H24N2O/c1-2-7-15(12-3-4-12)11-13(10-14)5-8-16-9-6-13/h2,12H,1,3-11,14H2. The van der Waals surface area contributed by atoms with Crippen molar-refractivity contribution < 1.29 is 4.74 Å². The summed E-state index contributed by atoms with van der Waals surface area (Å²) in [6.45, 7) is 8.54. The average molecular weight is 224 g/mol. The second kappa shape index (κ2) is 5.30. The van der Waals surface area contributed by atoms with E-state index in [2.05, 4.69) is 11.5 Å². The zero-order valence-corrected chi connectivity index (χ0v) is 10.2. The smallest absolute Gasteiger partial charge is 0.0472 e. The summed E-state index contributed by atoms with van der Waals surface area (Å²) in [5, 5.41) is 0. The molecule has 0 atom stereocenters. The third-order valence-corrected chi connectivity index (χ3v) is 3.95. The molecule has 92 valence electrons. The quantitative estimate of drug-likeness (QED) is 0.693. The van der Waals surface area contributed by atoms with E-state index in [9.17, 15) is 0 Å². The van der Waals surface area contributed by atoms with E-state index >= 15 is 0 Å². The number of hydrogen-bond acceptors (Lipinski definition) is 3. The third-order valence-electron chi connectivity index (χ3n) is 3.95. The van der Waals surface area contributed by atoms with Crippen molar-refractivity contribution in [1.29, 1.82) is 0 Å². The molecule has 3 nitrogen and oxygen atoms in total. The summed E-state index contributed by atoms with van der Waals surface area (Å²) in [6, 6.07) is 0.796. The molecule has 2 fully saturated rings. The van der Waals surface area contributed by atoms with Crippen molar-refractivity contribution in [3.05, 3.63) is 12.7 Å². The minimum atomic E-state index is 0.295. The van der Waals surface area contributed by atoms with Gasteiger partial charge in [0.25, 0.3) is 0 Å². The molecule has 0 aromatic rings. The lowest BCUT2D eigenvalue weighted by Gasteiger charge is -2.40. The summed E-state index contributed by atoms with van der Waals surface area (Å²) in [7, 11) is 0. The average Bonchev–Trinajstić information content (AvgIpc) is 3.14. The molecule has 0 spiro atoms. The van der Waals surface area contributed by atoms with Crippen LogP contribution >= 0.6 is 0 Å². The molecule has 1 saturated carbocycles. The highest BCUT2D eigenvalue weighted by molar-refractivity contribution is 4.94. The first-order valence-corrected chi connectivity index (χ1v) is 6.42. The predicted octanol–water partition coefficient (Wildman–Crippen LogP) is 1.39. The summed E-state index contributed by atoms with van der Waals surface area (Å²) in [5.74, 6) is 0. The fourth-order valence-corrected chi connectivity index (χ4v) is 2.61. The van der Waals surface area contributed by atoms with Gasteiger partial charge < -0.3 is 10.5 Å². The second-order valence-corrected chi connectivity index (χ2v) is 5.27. The third kappa shape index (κ3) is 2.84. The van der Waals surface area contributed by atoms with Crippen molar-refractivity contribution in [1.82, 2.24) is 4.90 Å². The van der Waals surface area contributed by atoms with Gasteiger partial charge in [0, 0.05) is 32.3 Å². The topological polar surface area (TPSA) is 38.5 Å². The fourth-order valence-electron chi connectivity index (χ4n) is 2.61. The van der Waals surface area contributed by atoms with Gasteiger partial charge in [-0.15, -0.1) is 6.58 Å². The van der Waals surface area contributed by atoms with Gasteiger partial charge in [0.05, 0.1) is 0 Å². The van der Waals surface area contributed by atoms with Crippen LogP contribution in [-0.4, -0.2) is 43.8 Å². The van der Waals surface area contributed by atoms with Crippen LogP contribution in [0.4, 0.5) is 0 Å². The summed E-state index contributed by atoms with van der Waals surface area (Å²) < 4.78 is 5.45. The van der Waals surface area contributed by atoms with Crippen LogP contribution in [0, 0.1) is 5.41 Å². The number of ether oxygens (including phenoxy) is 1. The van der Waals surface area contributed by atoms with Gasteiger partial charge in [-0.25, -0.2) is 0 Å². The van der Waals surface area contributed by atoms with E-state index in [0.717, 1.165) is 51.7 Å². The monoisotopic (exact) mass is 224 g/mol. The van der Waals surface area contributed by atoms with Crippen molar-refractivity contribution in [2.24, 2.45) is 11.1 Å². The molecule has 1 aliphatic heterocycles. The van der Waals surface area contributed by atoms with E-state index in [4.69, 9.17) is 10.5 Å². The fraction of sp³-hybridized carbons (Fsp3) is 0.846. The van der Waals surface area contributed by atoms with Crippen LogP contribution in [0.25, 0.3) is 0 Å². The maximum absolute atomic E-state index is 6.00. The van der Waals surface area contributed by atoms with E-state index in [-0.39, 0.29) is 0 Å². The first-order valence-electron chi connectivity index (χ1n) is 6.42. The zero-order chi connectivity index (χ0) is 11.4. The molecule has 0 aromatic carbocycles. The predicted molar refractivity (Wildman–Crippen MR) is 66.3 cm³/mol. The maximum Gasteiger partial charge on any atom is 0.0472 e. The first-order chi connectivity index (χ1) is 7.79. The molecule has 0 unspecified atom stereocenters. The zero-order valence-electron chi connectivity index (χ0n) is 10.2. The molecule has 2 N–H and O–H groups in total. The summed E-state index contributed by atoms with van der Waals surface area (Å²) in [6.07, 6.45) is 6.95. The Labute approximate surface area is 98.6 Å². The van der Waals surface area contributed by atoms with Crippen LogP contribution in [0.2, 0.25) is 0 Å². The van der Waals surface area contributed by atoms with Gasteiger partial charge in [-0.3, -0.25) is 4.90 Å². The van der Waals surface area contributed by atoms with Gasteiger partial charge in [-0.1, -0.05) is 6.08 Å². The summed E-state index contributed by atoms with van der Waals surface area (Å²) in [4.78, 5) is 2.56. The van der Waals surface area contributed by atoms with Crippen LogP contribution in [0.3, 0.4) is 0 Å². The van der Waals surface area contributed by atoms with Gasteiger partial charge in [-0.05, 0) is 37.6 Å². The van der Waals surface area contributed by atoms with Crippen molar-refractivity contribution in [2.75, 3.05) is 32.8 Å². The van der Waals surface area contributed by atoms with Crippen molar-refractivity contribution in [2.45, 2.75) is 31.7 Å². The van der Waals surface area contributed by atoms with Gasteiger partial charge >= 0.3 is 0 Å². The molecular formula is C13H24N2O. The van der Waals surface area contributed by atoms with Gasteiger partial charge in [0.1, 0.15) is 0 Å². The molecule has 0 bridgehead atoms. The molecule has 0 aromatic heterocycles. The maximum atomic E-state index is 6.00. The van der Waals surface area contributed by atoms with E-state index in [1.54, 1.807) is 0 Å². The lowest BCUT2D eigenvalue weighted by atomic mass is 9.79. The summed E-state index contributed by atoms with van der Waals surface area (Å²) >= 11 is 0. The number of rotatable bonds is 6. The Kier molecular flexibility index (Phi) is 4.00. The number of nitrogens with zero attached hydrogens (tertiary/aromatic N) is 1. The Morgan fingerprint density at radius 1 is 1.38 bits per heavy atom. The van der Waals surface area contributed by atoms with Crippen molar-refractivity contribution in [3.8, 4) is 0 Å². The Bertz CT molecular complexity index is 232. The molecule has 2 aliphatic rings. The summed E-state index contributed by atoms with van der Waals surface area (Å²) in [5.41, 5.74) is 6.29. The molecule has 1 saturated heterocycles. The molecule has 0 amide bonds. The molecule has 2 rings (SSSR count). The van der Waals surface area contributed by atoms with E-state index in [0.29, 0.717) is 5.41 Å². The molecule has 3 heteroatoms. The first kappa shape index (κ1) is 12.1. The molecule has 1 aliphatic carbocycles. The van der Waals surface area contributed by atoms with Crippen LogP contribution < -0.4 is 5.73 Å². The largest absolute Gasteiger partial charge is 0.381 e. The Balaban J connectivity index is 1.94. The van der Waals surface area contributed by atoms with Gasteiger partial charge in [0.2, 0.25) is 0 Å². The van der Waals surface area contributed by atoms with Crippen LogP contribution in [0.1, 0.15) is 25.7 Å². The SMILES string of the molecule is C=CCN(CC1(CN)CCOCC1)C1CC1. The van der Waals surface area contributed by atoms with Crippen molar-refractivity contribution >= 4 is 0 Å². The lowest BCUT2D eigenvalue weighted by molar-refractivity contribution is 0.000298. The minimum Gasteiger partial charge on any atom is -0.381 e. The highest BCUT2D eigenvalue weighted by atomic mass is 16.5. The Hall–Kier alpha value is -0.380. The number of nitrogens with two attached hydrogens (primary N) is 1. The highest BCUT2D eigenvalue weighted by Gasteiger charge is 2.37. The molecule has 0 radical (unpaired) electrons. The van der Waals surface area contributed by atoms with E-state index < -0.39 is 0 Å². The number of hydrogen-bond donors (Lipinski definition) is 1. The van der Waals surface area contributed by atoms with Gasteiger partial charge in [0.15, 0.2) is 0 Å². The molecule has 1 heterocycles. The molecule has 16 heavy (non-hydrogen) atoms. The Morgan fingerprint density at radius 3 is 2.56 bits per heavy atom.